The number of aromatic nitrogens is 1. The predicted molar refractivity (Wildman–Crippen MR) is 62.9 cm³/mol. The van der Waals surface area contributed by atoms with E-state index in [4.69, 9.17) is 5.11 Å². The number of nitrogens with one attached hydrogen (secondary N) is 1. The van der Waals surface area contributed by atoms with E-state index in [0.29, 0.717) is 5.56 Å². The molecule has 0 bridgehead atoms. The molecule has 1 aromatic heterocycles. The van der Waals surface area contributed by atoms with Crippen LogP contribution in [-0.2, 0) is 17.6 Å². The average molecular weight is 231 g/mol. The molecule has 0 saturated carbocycles. The average Bonchev–Trinajstić information content (AvgIpc) is 2.87. The number of hydrogen-bond acceptors (Lipinski definition) is 2. The second-order valence-electron chi connectivity index (χ2n) is 4.48. The standard InChI is InChI=1S/C13H13NO3/c15-12(13(16)17)7-4-5-11-9(6-7)8-2-1-3-10(8)14-11/h4-6,12,14-15H,1-3H2,(H,16,17). The third-order valence-electron chi connectivity index (χ3n) is 3.42. The van der Waals surface area contributed by atoms with Crippen LogP contribution in [0.1, 0.15) is 29.3 Å². The largest absolute Gasteiger partial charge is 0.479 e. The number of carboxylic acid groups (broad SMARTS) is 1. The van der Waals surface area contributed by atoms with Crippen LogP contribution in [0.4, 0.5) is 0 Å². The lowest BCUT2D eigenvalue weighted by molar-refractivity contribution is -0.146. The van der Waals surface area contributed by atoms with Crippen molar-refractivity contribution < 1.29 is 15.0 Å². The Morgan fingerprint density at radius 2 is 2.18 bits per heavy atom. The fraction of sp³-hybridized carbons (Fsp3) is 0.308. The zero-order chi connectivity index (χ0) is 12.0. The molecule has 2 aromatic rings. The first kappa shape index (κ1) is 10.4. The van der Waals surface area contributed by atoms with Gasteiger partial charge < -0.3 is 15.2 Å². The first-order valence-corrected chi connectivity index (χ1v) is 5.71. The van der Waals surface area contributed by atoms with Crippen molar-refractivity contribution in [3.63, 3.8) is 0 Å². The first-order valence-electron chi connectivity index (χ1n) is 5.71. The van der Waals surface area contributed by atoms with E-state index in [1.54, 1.807) is 12.1 Å². The number of aryl methyl sites for hydroxylation is 2. The summed E-state index contributed by atoms with van der Waals surface area (Å²) in [5.41, 5.74) is 4.00. The molecule has 3 N–H and O–H groups in total. The number of aliphatic carboxylic acids is 1. The summed E-state index contributed by atoms with van der Waals surface area (Å²) in [6.45, 7) is 0. The van der Waals surface area contributed by atoms with E-state index < -0.39 is 12.1 Å². The summed E-state index contributed by atoms with van der Waals surface area (Å²) in [6.07, 6.45) is 1.79. The molecular weight excluding hydrogens is 218 g/mol. The summed E-state index contributed by atoms with van der Waals surface area (Å²) in [5, 5.41) is 19.4. The number of benzene rings is 1. The van der Waals surface area contributed by atoms with Gasteiger partial charge in [0, 0.05) is 16.6 Å². The molecule has 0 aliphatic heterocycles. The van der Waals surface area contributed by atoms with Crippen molar-refractivity contribution in [2.24, 2.45) is 0 Å². The minimum absolute atomic E-state index is 0.443. The number of carboxylic acids is 1. The summed E-state index contributed by atoms with van der Waals surface area (Å²) < 4.78 is 0. The SMILES string of the molecule is O=C(O)C(O)c1ccc2[nH]c3c(c2c1)CCC3. The van der Waals surface area contributed by atoms with E-state index in [1.165, 1.54) is 11.3 Å². The molecule has 0 saturated heterocycles. The molecular formula is C13H13NO3. The molecule has 3 rings (SSSR count). The molecule has 1 unspecified atom stereocenters. The second kappa shape index (κ2) is 3.60. The van der Waals surface area contributed by atoms with E-state index in [-0.39, 0.29) is 0 Å². The molecule has 1 aliphatic carbocycles. The minimum Gasteiger partial charge on any atom is -0.479 e. The van der Waals surface area contributed by atoms with Gasteiger partial charge in [0.05, 0.1) is 0 Å². The number of hydrogen-bond donors (Lipinski definition) is 3. The second-order valence-corrected chi connectivity index (χ2v) is 4.48. The number of carbonyl (C=O) groups is 1. The third-order valence-corrected chi connectivity index (χ3v) is 3.42. The maximum atomic E-state index is 10.8. The predicted octanol–water partition coefficient (Wildman–Crippen LogP) is 1.77. The fourth-order valence-corrected chi connectivity index (χ4v) is 2.57. The molecule has 0 radical (unpaired) electrons. The van der Waals surface area contributed by atoms with Gasteiger partial charge in [0.1, 0.15) is 0 Å². The summed E-state index contributed by atoms with van der Waals surface area (Å²) in [7, 11) is 0. The minimum atomic E-state index is -1.44. The highest BCUT2D eigenvalue weighted by Gasteiger charge is 2.20. The molecule has 4 nitrogen and oxygen atoms in total. The smallest absolute Gasteiger partial charge is 0.337 e. The van der Waals surface area contributed by atoms with Crippen molar-refractivity contribution in [3.8, 4) is 0 Å². The highest BCUT2D eigenvalue weighted by Crippen LogP contribution is 2.31. The lowest BCUT2D eigenvalue weighted by Crippen LogP contribution is -2.10. The Morgan fingerprint density at radius 1 is 1.35 bits per heavy atom. The molecule has 0 fully saturated rings. The van der Waals surface area contributed by atoms with Crippen LogP contribution in [0, 0.1) is 0 Å². The van der Waals surface area contributed by atoms with Gasteiger partial charge in [-0.1, -0.05) is 6.07 Å². The Morgan fingerprint density at radius 3 is 2.94 bits per heavy atom. The highest BCUT2D eigenvalue weighted by atomic mass is 16.4. The lowest BCUT2D eigenvalue weighted by Gasteiger charge is -2.06. The molecule has 17 heavy (non-hydrogen) atoms. The zero-order valence-corrected chi connectivity index (χ0v) is 9.23. The molecule has 1 heterocycles. The monoisotopic (exact) mass is 231 g/mol. The molecule has 88 valence electrons. The van der Waals surface area contributed by atoms with Crippen LogP contribution >= 0.6 is 0 Å². The van der Waals surface area contributed by atoms with E-state index in [0.717, 1.165) is 30.2 Å². The Bertz CT molecular complexity index is 600. The number of rotatable bonds is 2. The number of aliphatic hydroxyl groups excluding tert-OH is 1. The Kier molecular flexibility index (Phi) is 2.19. The van der Waals surface area contributed by atoms with E-state index in [1.807, 2.05) is 6.07 Å². The van der Waals surface area contributed by atoms with Gasteiger partial charge in [-0.25, -0.2) is 4.79 Å². The molecule has 1 atom stereocenters. The topological polar surface area (TPSA) is 73.3 Å². The van der Waals surface area contributed by atoms with Gasteiger partial charge in [0.2, 0.25) is 0 Å². The Labute approximate surface area is 97.9 Å². The van der Waals surface area contributed by atoms with Gasteiger partial charge in [0.15, 0.2) is 6.10 Å². The molecule has 0 spiro atoms. The summed E-state index contributed by atoms with van der Waals surface area (Å²) >= 11 is 0. The van der Waals surface area contributed by atoms with Gasteiger partial charge in [-0.2, -0.15) is 0 Å². The Balaban J connectivity index is 2.15. The highest BCUT2D eigenvalue weighted by molar-refractivity contribution is 5.87. The third kappa shape index (κ3) is 1.52. The summed E-state index contributed by atoms with van der Waals surface area (Å²) in [4.78, 5) is 14.1. The van der Waals surface area contributed by atoms with E-state index in [2.05, 4.69) is 4.98 Å². The number of aromatic amines is 1. The van der Waals surface area contributed by atoms with Crippen LogP contribution in [-0.4, -0.2) is 21.2 Å². The van der Waals surface area contributed by atoms with Crippen molar-refractivity contribution in [2.45, 2.75) is 25.4 Å². The van der Waals surface area contributed by atoms with Crippen LogP contribution in [0.2, 0.25) is 0 Å². The van der Waals surface area contributed by atoms with Crippen molar-refractivity contribution in [3.05, 3.63) is 35.0 Å². The Hall–Kier alpha value is -1.81. The maximum Gasteiger partial charge on any atom is 0.337 e. The number of fused-ring (bicyclic) bond motifs is 3. The van der Waals surface area contributed by atoms with Crippen molar-refractivity contribution >= 4 is 16.9 Å². The number of aliphatic hydroxyl groups is 1. The van der Waals surface area contributed by atoms with Crippen molar-refractivity contribution in [2.75, 3.05) is 0 Å². The van der Waals surface area contributed by atoms with Gasteiger partial charge in [-0.3, -0.25) is 0 Å². The van der Waals surface area contributed by atoms with Gasteiger partial charge in [0.25, 0.3) is 0 Å². The van der Waals surface area contributed by atoms with Crippen LogP contribution < -0.4 is 0 Å². The lowest BCUT2D eigenvalue weighted by atomic mass is 10.0. The fourth-order valence-electron chi connectivity index (χ4n) is 2.57. The van der Waals surface area contributed by atoms with Crippen LogP contribution in [0.5, 0.6) is 0 Å². The van der Waals surface area contributed by atoms with Gasteiger partial charge >= 0.3 is 5.97 Å². The molecule has 1 aliphatic rings. The van der Waals surface area contributed by atoms with Crippen LogP contribution in [0.15, 0.2) is 18.2 Å². The van der Waals surface area contributed by atoms with Crippen molar-refractivity contribution in [1.29, 1.82) is 0 Å². The van der Waals surface area contributed by atoms with Crippen LogP contribution in [0.25, 0.3) is 10.9 Å². The van der Waals surface area contributed by atoms with E-state index in [9.17, 15) is 9.90 Å². The summed E-state index contributed by atoms with van der Waals surface area (Å²) in [5.74, 6) is -1.21. The molecule has 0 amide bonds. The normalized spacial score (nSPS) is 16.1. The van der Waals surface area contributed by atoms with E-state index >= 15 is 0 Å². The van der Waals surface area contributed by atoms with Crippen molar-refractivity contribution in [1.82, 2.24) is 4.98 Å². The maximum absolute atomic E-state index is 10.8. The molecule has 1 aromatic carbocycles. The van der Waals surface area contributed by atoms with Crippen LogP contribution in [0.3, 0.4) is 0 Å². The van der Waals surface area contributed by atoms with Gasteiger partial charge in [-0.05, 0) is 42.5 Å². The first-order chi connectivity index (χ1) is 8.16. The zero-order valence-electron chi connectivity index (χ0n) is 9.23. The number of H-pyrrole nitrogens is 1. The quantitative estimate of drug-likeness (QED) is 0.737. The van der Waals surface area contributed by atoms with Gasteiger partial charge in [-0.15, -0.1) is 0 Å². The summed E-state index contributed by atoms with van der Waals surface area (Å²) in [6, 6.07) is 5.29. The molecule has 4 heteroatoms.